The van der Waals surface area contributed by atoms with Crippen LogP contribution in [0.5, 0.6) is 5.19 Å². The van der Waals surface area contributed by atoms with Gasteiger partial charge in [0.25, 0.3) is 17.0 Å². The number of carbonyl (C=O) groups is 1. The van der Waals surface area contributed by atoms with Gasteiger partial charge in [0.15, 0.2) is 6.61 Å². The summed E-state index contributed by atoms with van der Waals surface area (Å²) in [5, 5.41) is 4.59. The van der Waals surface area contributed by atoms with Gasteiger partial charge in [0, 0.05) is 36.5 Å². The van der Waals surface area contributed by atoms with Crippen molar-refractivity contribution in [2.75, 3.05) is 19.7 Å². The summed E-state index contributed by atoms with van der Waals surface area (Å²) in [5.41, 5.74) is 2.54. The SMILES string of the molecule is Cc1nc2cc(C(=O)NC3CCC(CCN4CCc5sc(OCC(C)(F)F)nc5C4)CC3)ccc2s1. The highest BCUT2D eigenvalue weighted by molar-refractivity contribution is 7.18. The van der Waals surface area contributed by atoms with E-state index >= 15 is 0 Å². The number of fused-ring (bicyclic) bond motifs is 2. The number of benzene rings is 1. The molecule has 10 heteroatoms. The van der Waals surface area contributed by atoms with Crippen LogP contribution < -0.4 is 10.1 Å². The molecule has 5 rings (SSSR count). The zero-order valence-electron chi connectivity index (χ0n) is 20.7. The van der Waals surface area contributed by atoms with Crippen molar-refractivity contribution in [3.8, 4) is 5.19 Å². The lowest BCUT2D eigenvalue weighted by atomic mass is 9.84. The lowest BCUT2D eigenvalue weighted by molar-refractivity contribution is -0.0230. The molecule has 1 aliphatic carbocycles. The predicted molar refractivity (Wildman–Crippen MR) is 139 cm³/mol. The molecule has 194 valence electrons. The number of hydrogen-bond acceptors (Lipinski definition) is 7. The maximum absolute atomic E-state index is 13.1. The molecule has 3 heterocycles. The first kappa shape index (κ1) is 25.5. The Morgan fingerprint density at radius 2 is 2.03 bits per heavy atom. The fourth-order valence-corrected chi connectivity index (χ4v) is 6.80. The number of nitrogens with zero attached hydrogens (tertiary/aromatic N) is 3. The Labute approximate surface area is 218 Å². The van der Waals surface area contributed by atoms with Gasteiger partial charge in [0.2, 0.25) is 0 Å². The second kappa shape index (κ2) is 10.7. The van der Waals surface area contributed by atoms with Crippen LogP contribution in [0.4, 0.5) is 8.78 Å². The summed E-state index contributed by atoms with van der Waals surface area (Å²) in [4.78, 5) is 25.3. The van der Waals surface area contributed by atoms with E-state index in [-0.39, 0.29) is 11.9 Å². The highest BCUT2D eigenvalue weighted by Crippen LogP contribution is 2.32. The molecule has 2 aromatic heterocycles. The molecule has 0 saturated heterocycles. The third-order valence-electron chi connectivity index (χ3n) is 7.03. The molecule has 36 heavy (non-hydrogen) atoms. The maximum atomic E-state index is 13.1. The minimum Gasteiger partial charge on any atom is -0.464 e. The van der Waals surface area contributed by atoms with Gasteiger partial charge >= 0.3 is 0 Å². The molecule has 0 spiro atoms. The largest absolute Gasteiger partial charge is 0.464 e. The summed E-state index contributed by atoms with van der Waals surface area (Å²) >= 11 is 3.04. The summed E-state index contributed by atoms with van der Waals surface area (Å²) in [6.07, 6.45) is 6.28. The van der Waals surface area contributed by atoms with Gasteiger partial charge in [-0.05, 0) is 76.1 Å². The summed E-state index contributed by atoms with van der Waals surface area (Å²) in [6.45, 7) is 4.93. The Balaban J connectivity index is 1.04. The Hall–Kier alpha value is -2.17. The van der Waals surface area contributed by atoms with Gasteiger partial charge in [-0.15, -0.1) is 11.3 Å². The van der Waals surface area contributed by atoms with Crippen molar-refractivity contribution in [1.29, 1.82) is 0 Å². The van der Waals surface area contributed by atoms with Gasteiger partial charge in [-0.2, -0.15) is 0 Å². The van der Waals surface area contributed by atoms with Gasteiger partial charge in [-0.25, -0.2) is 18.7 Å². The van der Waals surface area contributed by atoms with E-state index < -0.39 is 12.5 Å². The molecular formula is C26H32F2N4O2S2. The van der Waals surface area contributed by atoms with Gasteiger partial charge < -0.3 is 10.1 Å². The van der Waals surface area contributed by atoms with Gasteiger partial charge in [0.05, 0.1) is 20.9 Å². The van der Waals surface area contributed by atoms with E-state index in [0.29, 0.717) is 16.7 Å². The van der Waals surface area contributed by atoms with Crippen molar-refractivity contribution in [2.24, 2.45) is 5.92 Å². The van der Waals surface area contributed by atoms with Crippen LogP contribution in [-0.2, 0) is 13.0 Å². The van der Waals surface area contributed by atoms with E-state index in [1.54, 1.807) is 11.3 Å². The number of nitrogens with one attached hydrogen (secondary N) is 1. The predicted octanol–water partition coefficient (Wildman–Crippen LogP) is 5.83. The molecule has 1 saturated carbocycles. The Morgan fingerprint density at radius 1 is 1.22 bits per heavy atom. The summed E-state index contributed by atoms with van der Waals surface area (Å²) < 4.78 is 32.5. The standard InChI is InChI=1S/C26H32F2N4O2S2/c1-16-29-20-13-18(5-8-22(20)35-16)24(33)30-19-6-3-17(4-7-19)9-11-32-12-10-23-21(14-32)31-25(36-23)34-15-26(2,27)28/h5,8,13,17,19H,3-4,6-7,9-12,14-15H2,1-2H3,(H,30,33). The third-order valence-corrected chi connectivity index (χ3v) is 9.05. The van der Waals surface area contributed by atoms with E-state index in [9.17, 15) is 13.6 Å². The number of ether oxygens (including phenoxy) is 1. The van der Waals surface area contributed by atoms with Crippen LogP contribution in [0.25, 0.3) is 10.2 Å². The molecule has 1 aliphatic heterocycles. The minimum atomic E-state index is -2.85. The zero-order valence-corrected chi connectivity index (χ0v) is 22.3. The fraction of sp³-hybridized carbons (Fsp3) is 0.577. The van der Waals surface area contributed by atoms with Crippen molar-refractivity contribution in [3.05, 3.63) is 39.3 Å². The van der Waals surface area contributed by atoms with Crippen molar-refractivity contribution in [3.63, 3.8) is 0 Å². The highest BCUT2D eigenvalue weighted by atomic mass is 32.1. The van der Waals surface area contributed by atoms with Crippen LogP contribution in [0.1, 0.15) is 65.0 Å². The van der Waals surface area contributed by atoms with Crippen LogP contribution in [0.2, 0.25) is 0 Å². The average Bonchev–Trinajstić information content (AvgIpc) is 3.42. The van der Waals surface area contributed by atoms with Crippen molar-refractivity contribution < 1.29 is 18.3 Å². The average molecular weight is 535 g/mol. The van der Waals surface area contributed by atoms with Crippen molar-refractivity contribution >= 4 is 38.8 Å². The van der Waals surface area contributed by atoms with Crippen LogP contribution >= 0.6 is 22.7 Å². The van der Waals surface area contributed by atoms with Crippen LogP contribution in [0.15, 0.2) is 18.2 Å². The molecule has 1 fully saturated rings. The molecule has 1 N–H and O–H groups in total. The highest BCUT2D eigenvalue weighted by Gasteiger charge is 2.27. The number of rotatable bonds is 8. The van der Waals surface area contributed by atoms with Gasteiger partial charge in [0.1, 0.15) is 0 Å². The number of thiazole rings is 2. The normalized spacial score (nSPS) is 20.9. The smallest absolute Gasteiger partial charge is 0.278 e. The maximum Gasteiger partial charge on any atom is 0.278 e. The molecule has 3 aromatic rings. The zero-order chi connectivity index (χ0) is 25.3. The van der Waals surface area contributed by atoms with E-state index in [1.807, 2.05) is 25.1 Å². The first-order valence-electron chi connectivity index (χ1n) is 12.6. The van der Waals surface area contributed by atoms with Gasteiger partial charge in [-0.1, -0.05) is 11.3 Å². The lowest BCUT2D eigenvalue weighted by Crippen LogP contribution is -2.38. The number of alkyl halides is 2. The van der Waals surface area contributed by atoms with Gasteiger partial charge in [-0.3, -0.25) is 9.69 Å². The molecule has 0 unspecified atom stereocenters. The van der Waals surface area contributed by atoms with E-state index in [0.717, 1.165) is 90.9 Å². The Morgan fingerprint density at radius 3 is 2.81 bits per heavy atom. The number of carbonyl (C=O) groups excluding carboxylic acids is 1. The topological polar surface area (TPSA) is 67.4 Å². The summed E-state index contributed by atoms with van der Waals surface area (Å²) in [6, 6.07) is 5.99. The third kappa shape index (κ3) is 6.39. The molecule has 2 aliphatic rings. The molecule has 0 atom stereocenters. The Kier molecular flexibility index (Phi) is 7.55. The van der Waals surface area contributed by atoms with Crippen molar-refractivity contribution in [1.82, 2.24) is 20.2 Å². The van der Waals surface area contributed by atoms with Crippen molar-refractivity contribution in [2.45, 2.75) is 70.9 Å². The quantitative estimate of drug-likeness (QED) is 0.394. The first-order valence-corrected chi connectivity index (χ1v) is 14.2. The summed E-state index contributed by atoms with van der Waals surface area (Å²) in [5.74, 6) is -2.20. The Bertz CT molecular complexity index is 1210. The van der Waals surface area contributed by atoms with E-state index in [4.69, 9.17) is 4.74 Å². The van der Waals surface area contributed by atoms with Crippen LogP contribution in [0, 0.1) is 12.8 Å². The molecule has 1 amide bonds. The first-order chi connectivity index (χ1) is 17.2. The van der Waals surface area contributed by atoms with E-state index in [2.05, 4.69) is 20.2 Å². The molecule has 6 nitrogen and oxygen atoms in total. The molecular weight excluding hydrogens is 502 g/mol. The molecule has 1 aromatic carbocycles. The number of aromatic nitrogens is 2. The minimum absolute atomic E-state index is 0.00982. The number of halogens is 2. The van der Waals surface area contributed by atoms with E-state index in [1.165, 1.54) is 11.3 Å². The van der Waals surface area contributed by atoms with Crippen LogP contribution in [-0.4, -0.2) is 52.4 Å². The fourth-order valence-electron chi connectivity index (χ4n) is 5.08. The number of amides is 1. The second-order valence-electron chi connectivity index (χ2n) is 10.1. The number of hydrogen-bond donors (Lipinski definition) is 1. The second-order valence-corrected chi connectivity index (χ2v) is 12.4. The lowest BCUT2D eigenvalue weighted by Gasteiger charge is -2.32. The molecule has 0 radical (unpaired) electrons. The monoisotopic (exact) mass is 534 g/mol. The summed E-state index contributed by atoms with van der Waals surface area (Å²) in [7, 11) is 0. The van der Waals surface area contributed by atoms with Crippen LogP contribution in [0.3, 0.4) is 0 Å². The number of aryl methyl sites for hydroxylation is 1. The molecule has 0 bridgehead atoms.